The molecular weight excluding hydrogens is 196 g/mol. The van der Waals surface area contributed by atoms with Crippen molar-refractivity contribution in [1.29, 1.82) is 0 Å². The summed E-state index contributed by atoms with van der Waals surface area (Å²) in [5.74, 6) is 2.68. The van der Waals surface area contributed by atoms with Crippen molar-refractivity contribution in [2.24, 2.45) is 0 Å². The van der Waals surface area contributed by atoms with Gasteiger partial charge >= 0.3 is 0 Å². The van der Waals surface area contributed by atoms with E-state index in [0.717, 1.165) is 12.1 Å². The van der Waals surface area contributed by atoms with E-state index in [2.05, 4.69) is 55.6 Å². The molecule has 2 atom stereocenters. The molecule has 1 aliphatic heterocycles. The summed E-state index contributed by atoms with van der Waals surface area (Å²) in [6.45, 7) is 7.08. The van der Waals surface area contributed by atoms with Gasteiger partial charge in [-0.3, -0.25) is 4.90 Å². The Hall–Kier alpha value is -1.72. The molecule has 0 saturated carbocycles. The van der Waals surface area contributed by atoms with Crippen LogP contribution in [0.15, 0.2) is 36.4 Å². The molecule has 0 spiro atoms. The largest absolute Gasteiger partial charge is 0.313 e. The van der Waals surface area contributed by atoms with Crippen LogP contribution in [0, 0.1) is 12.3 Å². The van der Waals surface area contributed by atoms with E-state index in [1.165, 1.54) is 16.3 Å². The highest BCUT2D eigenvalue weighted by Gasteiger charge is 2.38. The number of terminal acetylenes is 1. The number of nitrogens with one attached hydrogen (secondary N) is 1. The fourth-order valence-corrected chi connectivity index (χ4v) is 2.46. The third-order valence-corrected chi connectivity index (χ3v) is 3.22. The molecule has 82 valence electrons. The smallest absolute Gasteiger partial charge is 0.201 e. The van der Waals surface area contributed by atoms with Gasteiger partial charge in [0.05, 0.1) is 12.6 Å². The van der Waals surface area contributed by atoms with Crippen molar-refractivity contribution in [1.82, 2.24) is 0 Å². The first-order valence-corrected chi connectivity index (χ1v) is 5.55. The van der Waals surface area contributed by atoms with E-state index in [0.29, 0.717) is 0 Å². The maximum absolute atomic E-state index is 5.48. The quantitative estimate of drug-likeness (QED) is 0.725. The Labute approximate surface area is 97.2 Å². The zero-order valence-corrected chi connectivity index (χ0v) is 9.83. The summed E-state index contributed by atoms with van der Waals surface area (Å²) in [6.07, 6.45) is 5.65. The standard InChI is InChI=1S/C14H16N2/c1-5-11(3)14-15(4)12-9-7-8-10-13(12)16(14)6-2/h1,7-10,14H,3,6H2,2,4H3/p+1. The SMILES string of the molecule is C#CC(=C)C1N(CC)c2ccccc2[NH+]1C. The molecule has 1 N–H and O–H groups in total. The Morgan fingerprint density at radius 3 is 2.88 bits per heavy atom. The Kier molecular flexibility index (Phi) is 2.72. The summed E-state index contributed by atoms with van der Waals surface area (Å²) in [5.41, 5.74) is 3.41. The molecule has 0 saturated heterocycles. The molecule has 1 heterocycles. The minimum Gasteiger partial charge on any atom is -0.313 e. The Bertz CT molecular complexity index is 456. The molecule has 1 aromatic carbocycles. The Balaban J connectivity index is 2.48. The molecule has 16 heavy (non-hydrogen) atoms. The molecule has 1 aromatic rings. The maximum atomic E-state index is 5.48. The van der Waals surface area contributed by atoms with Gasteiger partial charge in [-0.15, -0.1) is 6.42 Å². The molecule has 0 amide bonds. The summed E-state index contributed by atoms with van der Waals surface area (Å²) in [6, 6.07) is 8.43. The topological polar surface area (TPSA) is 7.68 Å². The predicted molar refractivity (Wildman–Crippen MR) is 67.8 cm³/mol. The van der Waals surface area contributed by atoms with Crippen LogP contribution in [0.4, 0.5) is 11.4 Å². The molecule has 2 unspecified atom stereocenters. The Morgan fingerprint density at radius 2 is 2.25 bits per heavy atom. The molecule has 0 radical (unpaired) electrons. The molecule has 0 fully saturated rings. The summed E-state index contributed by atoms with van der Waals surface area (Å²) in [7, 11) is 2.14. The van der Waals surface area contributed by atoms with Crippen LogP contribution in [-0.4, -0.2) is 19.8 Å². The van der Waals surface area contributed by atoms with Gasteiger partial charge in [0.1, 0.15) is 5.69 Å². The van der Waals surface area contributed by atoms with E-state index in [4.69, 9.17) is 6.42 Å². The number of likely N-dealkylation sites (N-methyl/N-ethyl adjacent to an activating group) is 2. The van der Waals surface area contributed by atoms with E-state index in [1.54, 1.807) is 0 Å². The van der Waals surface area contributed by atoms with E-state index >= 15 is 0 Å². The van der Waals surface area contributed by atoms with Gasteiger partial charge in [-0.2, -0.15) is 0 Å². The molecule has 2 rings (SSSR count). The fraction of sp³-hybridized carbons (Fsp3) is 0.286. The highest BCUT2D eigenvalue weighted by Crippen LogP contribution is 2.29. The van der Waals surface area contributed by atoms with Gasteiger partial charge in [0.25, 0.3) is 0 Å². The second kappa shape index (κ2) is 4.03. The highest BCUT2D eigenvalue weighted by atomic mass is 15.4. The van der Waals surface area contributed by atoms with Crippen molar-refractivity contribution < 1.29 is 4.90 Å². The molecule has 2 nitrogen and oxygen atoms in total. The lowest BCUT2D eigenvalue weighted by Crippen LogP contribution is -3.08. The van der Waals surface area contributed by atoms with Crippen molar-refractivity contribution in [3.8, 4) is 12.3 Å². The van der Waals surface area contributed by atoms with Crippen LogP contribution in [0.2, 0.25) is 0 Å². The molecule has 0 aliphatic carbocycles. The number of hydrogen-bond donors (Lipinski definition) is 1. The van der Waals surface area contributed by atoms with Gasteiger partial charge in [-0.1, -0.05) is 24.6 Å². The first-order chi connectivity index (χ1) is 7.70. The lowest BCUT2D eigenvalue weighted by atomic mass is 10.2. The van der Waals surface area contributed by atoms with Crippen molar-refractivity contribution >= 4 is 11.4 Å². The number of quaternary nitrogens is 1. The Morgan fingerprint density at radius 1 is 1.56 bits per heavy atom. The molecule has 0 aromatic heterocycles. The van der Waals surface area contributed by atoms with Crippen molar-refractivity contribution in [2.75, 3.05) is 18.5 Å². The highest BCUT2D eigenvalue weighted by molar-refractivity contribution is 5.67. The number of para-hydroxylation sites is 2. The van der Waals surface area contributed by atoms with E-state index in [1.807, 2.05) is 0 Å². The summed E-state index contributed by atoms with van der Waals surface area (Å²) in [4.78, 5) is 3.62. The van der Waals surface area contributed by atoms with Gasteiger partial charge in [-0.25, -0.2) is 0 Å². The van der Waals surface area contributed by atoms with Crippen LogP contribution >= 0.6 is 0 Å². The first kappa shape index (κ1) is 10.8. The predicted octanol–water partition coefficient (Wildman–Crippen LogP) is 1.19. The van der Waals surface area contributed by atoms with Crippen LogP contribution in [-0.2, 0) is 0 Å². The van der Waals surface area contributed by atoms with Crippen molar-refractivity contribution in [3.05, 3.63) is 36.4 Å². The average molecular weight is 213 g/mol. The van der Waals surface area contributed by atoms with Gasteiger partial charge in [0.15, 0.2) is 5.69 Å². The monoisotopic (exact) mass is 213 g/mol. The summed E-state index contributed by atoms with van der Waals surface area (Å²) < 4.78 is 0. The molecule has 2 heteroatoms. The van der Waals surface area contributed by atoms with Crippen LogP contribution < -0.4 is 9.80 Å². The van der Waals surface area contributed by atoms with Gasteiger partial charge < -0.3 is 4.90 Å². The normalized spacial score (nSPS) is 22.7. The lowest BCUT2D eigenvalue weighted by molar-refractivity contribution is -0.824. The van der Waals surface area contributed by atoms with Crippen molar-refractivity contribution in [2.45, 2.75) is 13.1 Å². The summed E-state index contributed by atoms with van der Waals surface area (Å²) >= 11 is 0. The minimum absolute atomic E-state index is 0.174. The number of anilines is 1. The van der Waals surface area contributed by atoms with E-state index in [9.17, 15) is 0 Å². The molecule has 0 bridgehead atoms. The number of nitrogens with zero attached hydrogens (tertiary/aromatic N) is 1. The van der Waals surface area contributed by atoms with E-state index < -0.39 is 0 Å². The second-order valence-corrected chi connectivity index (χ2v) is 4.06. The molecular formula is C14H17N2+. The van der Waals surface area contributed by atoms with Crippen LogP contribution in [0.5, 0.6) is 0 Å². The van der Waals surface area contributed by atoms with Gasteiger partial charge in [0, 0.05) is 12.6 Å². The fourth-order valence-electron chi connectivity index (χ4n) is 2.46. The zero-order valence-electron chi connectivity index (χ0n) is 9.83. The minimum atomic E-state index is 0.174. The van der Waals surface area contributed by atoms with Crippen LogP contribution in [0.25, 0.3) is 0 Å². The first-order valence-electron chi connectivity index (χ1n) is 5.55. The van der Waals surface area contributed by atoms with Gasteiger partial charge in [-0.05, 0) is 13.0 Å². The van der Waals surface area contributed by atoms with Crippen LogP contribution in [0.3, 0.4) is 0 Å². The zero-order chi connectivity index (χ0) is 11.7. The average Bonchev–Trinajstić information content (AvgIpc) is 2.62. The number of hydrogen-bond acceptors (Lipinski definition) is 1. The lowest BCUT2D eigenvalue weighted by Gasteiger charge is -2.25. The maximum Gasteiger partial charge on any atom is 0.201 e. The second-order valence-electron chi connectivity index (χ2n) is 4.06. The van der Waals surface area contributed by atoms with E-state index in [-0.39, 0.29) is 6.17 Å². The third kappa shape index (κ3) is 1.41. The number of fused-ring (bicyclic) bond motifs is 1. The van der Waals surface area contributed by atoms with Crippen LogP contribution in [0.1, 0.15) is 6.92 Å². The number of rotatable bonds is 2. The summed E-state index contributed by atoms with van der Waals surface area (Å²) in [5, 5.41) is 0. The molecule has 1 aliphatic rings. The van der Waals surface area contributed by atoms with Gasteiger partial charge in [0.2, 0.25) is 6.17 Å². The van der Waals surface area contributed by atoms with Crippen molar-refractivity contribution in [3.63, 3.8) is 0 Å². The third-order valence-electron chi connectivity index (χ3n) is 3.22. The number of benzene rings is 1.